The number of fused-ring (bicyclic) bond motifs is 1. The maximum Gasteiger partial charge on any atom is 0.171 e. The molecule has 1 heterocycles. The van der Waals surface area contributed by atoms with Gasteiger partial charge in [0.05, 0.1) is 3.57 Å². The topological polar surface area (TPSA) is 72.7 Å². The van der Waals surface area contributed by atoms with Crippen LogP contribution in [0.1, 0.15) is 22.6 Å². The van der Waals surface area contributed by atoms with E-state index in [1.165, 1.54) is 0 Å². The molecule has 6 heteroatoms. The van der Waals surface area contributed by atoms with Gasteiger partial charge in [0.2, 0.25) is 0 Å². The summed E-state index contributed by atoms with van der Waals surface area (Å²) in [6.07, 6.45) is 0.816. The van der Waals surface area contributed by atoms with Gasteiger partial charge in [-0.05, 0) is 70.4 Å². The Morgan fingerprint density at radius 2 is 1.77 bits per heavy atom. The van der Waals surface area contributed by atoms with E-state index in [0.717, 1.165) is 39.8 Å². The lowest BCUT2D eigenvalue weighted by Crippen LogP contribution is -2.20. The Bertz CT molecular complexity index is 676. The second kappa shape index (κ2) is 7.06. The van der Waals surface area contributed by atoms with Gasteiger partial charge in [0, 0.05) is 12.5 Å². The third-order valence-corrected chi connectivity index (χ3v) is 5.09. The summed E-state index contributed by atoms with van der Waals surface area (Å²) in [5.74, 6) is 0.205. The number of benzene rings is 2. The molecular formula is C16H17BrINO3. The van der Waals surface area contributed by atoms with Crippen LogP contribution in [0.25, 0.3) is 0 Å². The zero-order valence-corrected chi connectivity index (χ0v) is 15.6. The molecule has 1 aliphatic heterocycles. The molecule has 0 spiro atoms. The molecule has 0 bridgehead atoms. The number of rotatable bonds is 1. The lowest BCUT2D eigenvalue weighted by molar-refractivity contribution is 0.399. The maximum atomic E-state index is 9.94. The molecule has 0 radical (unpaired) electrons. The molecule has 2 aromatic carbocycles. The van der Waals surface area contributed by atoms with E-state index in [-0.39, 0.29) is 40.1 Å². The molecule has 1 atom stereocenters. The van der Waals surface area contributed by atoms with Gasteiger partial charge in [-0.25, -0.2) is 0 Å². The monoisotopic (exact) mass is 477 g/mol. The van der Waals surface area contributed by atoms with Crippen molar-refractivity contribution in [2.24, 2.45) is 0 Å². The Hall–Kier alpha value is -0.990. The lowest BCUT2D eigenvalue weighted by Gasteiger charge is -2.20. The van der Waals surface area contributed by atoms with Crippen molar-refractivity contribution in [2.45, 2.75) is 12.3 Å². The molecule has 0 aliphatic carbocycles. The summed E-state index contributed by atoms with van der Waals surface area (Å²) in [5, 5.41) is 32.7. The summed E-state index contributed by atoms with van der Waals surface area (Å²) >= 11 is 2.09. The average Bonchev–Trinajstić information content (AvgIpc) is 2.68. The van der Waals surface area contributed by atoms with E-state index >= 15 is 0 Å². The predicted molar refractivity (Wildman–Crippen MR) is 99.3 cm³/mol. The first-order valence-electron chi connectivity index (χ1n) is 6.80. The van der Waals surface area contributed by atoms with Crippen molar-refractivity contribution in [1.29, 1.82) is 0 Å². The standard InChI is InChI=1S/C16H16INO3.BrH/c17-15-11-5-6-18-8-13(9-1-3-10(19)4-2-9)12(11)7-14(20)16(15)21;/h1-4,7,13,18-21H,5-6,8H2;1H. The van der Waals surface area contributed by atoms with E-state index < -0.39 is 0 Å². The molecule has 0 saturated heterocycles. The summed E-state index contributed by atoms with van der Waals surface area (Å²) in [6.45, 7) is 1.60. The first-order chi connectivity index (χ1) is 10.1. The first kappa shape index (κ1) is 17.4. The number of aromatic hydroxyl groups is 3. The lowest BCUT2D eigenvalue weighted by atomic mass is 9.87. The minimum absolute atomic E-state index is 0. The van der Waals surface area contributed by atoms with Crippen molar-refractivity contribution < 1.29 is 15.3 Å². The highest BCUT2D eigenvalue weighted by Gasteiger charge is 2.25. The third kappa shape index (κ3) is 3.18. The molecule has 0 aromatic heterocycles. The molecular weight excluding hydrogens is 461 g/mol. The number of hydrogen-bond donors (Lipinski definition) is 4. The molecule has 0 saturated carbocycles. The summed E-state index contributed by atoms with van der Waals surface area (Å²) in [5.41, 5.74) is 3.18. The zero-order chi connectivity index (χ0) is 15.0. The van der Waals surface area contributed by atoms with Gasteiger partial charge in [-0.2, -0.15) is 0 Å². The van der Waals surface area contributed by atoms with E-state index in [1.54, 1.807) is 18.2 Å². The van der Waals surface area contributed by atoms with Gasteiger partial charge in [-0.3, -0.25) is 0 Å². The second-order valence-corrected chi connectivity index (χ2v) is 6.30. The number of phenols is 3. The van der Waals surface area contributed by atoms with Gasteiger partial charge in [-0.15, -0.1) is 17.0 Å². The van der Waals surface area contributed by atoms with E-state index in [1.807, 2.05) is 12.1 Å². The maximum absolute atomic E-state index is 9.94. The Kier molecular flexibility index (Phi) is 5.57. The van der Waals surface area contributed by atoms with Crippen LogP contribution in [0.5, 0.6) is 17.2 Å². The van der Waals surface area contributed by atoms with Crippen molar-refractivity contribution in [3.8, 4) is 17.2 Å². The molecule has 3 rings (SSSR count). The Labute approximate surface area is 153 Å². The van der Waals surface area contributed by atoms with Crippen LogP contribution in [-0.4, -0.2) is 28.4 Å². The highest BCUT2D eigenvalue weighted by molar-refractivity contribution is 14.1. The fourth-order valence-electron chi connectivity index (χ4n) is 2.82. The molecule has 0 fully saturated rings. The number of hydrogen-bond acceptors (Lipinski definition) is 4. The molecule has 118 valence electrons. The number of halogens is 2. The van der Waals surface area contributed by atoms with E-state index in [9.17, 15) is 15.3 Å². The van der Waals surface area contributed by atoms with Crippen LogP contribution in [0.4, 0.5) is 0 Å². The zero-order valence-electron chi connectivity index (χ0n) is 11.7. The highest BCUT2D eigenvalue weighted by Crippen LogP contribution is 2.40. The van der Waals surface area contributed by atoms with Crippen molar-refractivity contribution >= 4 is 39.6 Å². The van der Waals surface area contributed by atoms with Crippen LogP contribution in [0.3, 0.4) is 0 Å². The molecule has 22 heavy (non-hydrogen) atoms. The van der Waals surface area contributed by atoms with E-state index in [4.69, 9.17) is 0 Å². The van der Waals surface area contributed by atoms with Crippen LogP contribution < -0.4 is 5.32 Å². The Morgan fingerprint density at radius 1 is 1.09 bits per heavy atom. The average molecular weight is 478 g/mol. The summed E-state index contributed by atoms with van der Waals surface area (Å²) < 4.78 is 0.718. The minimum Gasteiger partial charge on any atom is -0.508 e. The SMILES string of the molecule is Br.Oc1ccc(C2CNCCc3c2cc(O)c(O)c3I)cc1. The molecule has 0 amide bonds. The third-order valence-electron chi connectivity index (χ3n) is 3.93. The number of nitrogens with one attached hydrogen (secondary N) is 1. The largest absolute Gasteiger partial charge is 0.508 e. The molecule has 1 aliphatic rings. The molecule has 2 aromatic rings. The normalized spacial score (nSPS) is 17.2. The van der Waals surface area contributed by atoms with E-state index in [2.05, 4.69) is 27.9 Å². The first-order valence-corrected chi connectivity index (χ1v) is 7.88. The Balaban J connectivity index is 0.00000176. The van der Waals surface area contributed by atoms with Gasteiger partial charge >= 0.3 is 0 Å². The summed E-state index contributed by atoms with van der Waals surface area (Å²) in [6, 6.07) is 8.80. The van der Waals surface area contributed by atoms with Crippen LogP contribution in [0, 0.1) is 3.57 Å². The predicted octanol–water partition coefficient (Wildman–Crippen LogP) is 3.26. The van der Waals surface area contributed by atoms with E-state index in [0.29, 0.717) is 0 Å². The second-order valence-electron chi connectivity index (χ2n) is 5.22. The van der Waals surface area contributed by atoms with Crippen LogP contribution >= 0.6 is 39.6 Å². The minimum atomic E-state index is -0.0798. The smallest absolute Gasteiger partial charge is 0.171 e. The van der Waals surface area contributed by atoms with Crippen LogP contribution in [0.2, 0.25) is 0 Å². The van der Waals surface area contributed by atoms with Crippen molar-refractivity contribution in [3.63, 3.8) is 0 Å². The van der Waals surface area contributed by atoms with Gasteiger partial charge in [0.25, 0.3) is 0 Å². The summed E-state index contributed by atoms with van der Waals surface area (Å²) in [4.78, 5) is 0. The number of phenolic OH excluding ortho intramolecular Hbond substituents is 3. The molecule has 4 N–H and O–H groups in total. The molecule has 1 unspecified atom stereocenters. The fourth-order valence-corrected chi connectivity index (χ4v) is 3.68. The van der Waals surface area contributed by atoms with Crippen molar-refractivity contribution in [2.75, 3.05) is 13.1 Å². The Morgan fingerprint density at radius 3 is 2.45 bits per heavy atom. The quantitative estimate of drug-likeness (QED) is 0.376. The highest BCUT2D eigenvalue weighted by atomic mass is 127. The molecule has 4 nitrogen and oxygen atoms in total. The van der Waals surface area contributed by atoms with Crippen molar-refractivity contribution in [1.82, 2.24) is 5.32 Å². The van der Waals surface area contributed by atoms with Gasteiger partial charge in [0.15, 0.2) is 11.5 Å². The summed E-state index contributed by atoms with van der Waals surface area (Å²) in [7, 11) is 0. The van der Waals surface area contributed by atoms with Crippen LogP contribution in [0.15, 0.2) is 30.3 Å². The van der Waals surface area contributed by atoms with Gasteiger partial charge in [-0.1, -0.05) is 12.1 Å². The van der Waals surface area contributed by atoms with Gasteiger partial charge < -0.3 is 20.6 Å². The van der Waals surface area contributed by atoms with Crippen molar-refractivity contribution in [3.05, 3.63) is 50.6 Å². The fraction of sp³-hybridized carbons (Fsp3) is 0.250. The van der Waals surface area contributed by atoms with Crippen LogP contribution in [-0.2, 0) is 6.42 Å². The van der Waals surface area contributed by atoms with Gasteiger partial charge in [0.1, 0.15) is 5.75 Å².